The maximum atomic E-state index is 13.5. The average molecular weight is 308 g/mol. The number of nitrogens with one attached hydrogen (secondary N) is 1. The van der Waals surface area contributed by atoms with E-state index in [1.807, 2.05) is 13.8 Å². The maximum Gasteiger partial charge on any atom is 0.261 e. The Hall–Kier alpha value is -1.33. The summed E-state index contributed by atoms with van der Waals surface area (Å²) in [5.74, 6) is 1.16. The van der Waals surface area contributed by atoms with Gasteiger partial charge in [-0.15, -0.1) is 0 Å². The van der Waals surface area contributed by atoms with Crippen molar-refractivity contribution in [1.82, 2.24) is 10.3 Å². The Morgan fingerprint density at radius 2 is 2.10 bits per heavy atom. The van der Waals surface area contributed by atoms with Crippen LogP contribution in [0.25, 0.3) is 0 Å². The fraction of sp³-hybridized carbons (Fsp3) is 0.438. The molecule has 1 N–H and O–H groups in total. The third kappa shape index (κ3) is 4.58. The summed E-state index contributed by atoms with van der Waals surface area (Å²) in [4.78, 5) is 5.33. The number of benzene rings is 1. The van der Waals surface area contributed by atoms with Crippen LogP contribution in [-0.2, 0) is 6.54 Å². The van der Waals surface area contributed by atoms with Crippen molar-refractivity contribution in [3.63, 3.8) is 0 Å². The average Bonchev–Trinajstić information content (AvgIpc) is 2.71. The number of oxazole rings is 1. The van der Waals surface area contributed by atoms with E-state index >= 15 is 0 Å². The van der Waals surface area contributed by atoms with Crippen molar-refractivity contribution in [1.29, 1.82) is 0 Å². The molecule has 0 unspecified atom stereocenters. The minimum atomic E-state index is -0.222. The molecule has 3 nitrogen and oxygen atoms in total. The van der Waals surface area contributed by atoms with Gasteiger partial charge in [-0.2, -0.15) is 0 Å². The molecule has 0 aliphatic heterocycles. The fourth-order valence-corrected chi connectivity index (χ4v) is 2.80. The number of halogens is 1. The molecule has 0 saturated carbocycles. The third-order valence-corrected chi connectivity index (χ3v) is 4.06. The van der Waals surface area contributed by atoms with Gasteiger partial charge in [0, 0.05) is 11.4 Å². The van der Waals surface area contributed by atoms with Crippen molar-refractivity contribution >= 4 is 11.8 Å². The highest BCUT2D eigenvalue weighted by Crippen LogP contribution is 2.31. The highest BCUT2D eigenvalue weighted by molar-refractivity contribution is 7.99. The molecule has 2 aromatic rings. The maximum absolute atomic E-state index is 13.5. The Bertz CT molecular complexity index is 591. The highest BCUT2D eigenvalue weighted by Gasteiger charge is 2.11. The van der Waals surface area contributed by atoms with E-state index in [-0.39, 0.29) is 5.82 Å². The van der Waals surface area contributed by atoms with Gasteiger partial charge in [0.25, 0.3) is 5.22 Å². The van der Waals surface area contributed by atoms with Crippen LogP contribution in [0.2, 0.25) is 0 Å². The van der Waals surface area contributed by atoms with E-state index in [1.165, 1.54) is 17.8 Å². The summed E-state index contributed by atoms with van der Waals surface area (Å²) in [7, 11) is 0. The van der Waals surface area contributed by atoms with E-state index in [9.17, 15) is 4.39 Å². The highest BCUT2D eigenvalue weighted by atomic mass is 32.2. The van der Waals surface area contributed by atoms with Gasteiger partial charge < -0.3 is 9.73 Å². The summed E-state index contributed by atoms with van der Waals surface area (Å²) >= 11 is 1.43. The first-order valence-corrected chi connectivity index (χ1v) is 7.88. The van der Waals surface area contributed by atoms with Gasteiger partial charge >= 0.3 is 0 Å². The topological polar surface area (TPSA) is 38.1 Å². The minimum Gasteiger partial charge on any atom is -0.436 e. The van der Waals surface area contributed by atoms with Crippen molar-refractivity contribution < 1.29 is 8.81 Å². The molecule has 0 saturated heterocycles. The molecule has 114 valence electrons. The SMILES string of the molecule is Cc1nc(Sc2ccc(F)cc2CNCC(C)C)oc1C. The van der Waals surface area contributed by atoms with Crippen LogP contribution >= 0.6 is 11.8 Å². The van der Waals surface area contributed by atoms with E-state index < -0.39 is 0 Å². The Kier molecular flexibility index (Phi) is 5.42. The zero-order valence-corrected chi connectivity index (χ0v) is 13.7. The molecule has 5 heteroatoms. The van der Waals surface area contributed by atoms with Crippen LogP contribution in [0.5, 0.6) is 0 Å². The van der Waals surface area contributed by atoms with E-state index in [4.69, 9.17) is 4.42 Å². The Labute approximate surface area is 129 Å². The van der Waals surface area contributed by atoms with Gasteiger partial charge in [-0.3, -0.25) is 0 Å². The summed E-state index contributed by atoms with van der Waals surface area (Å²) in [6, 6.07) is 4.82. The number of hydrogen-bond acceptors (Lipinski definition) is 4. The van der Waals surface area contributed by atoms with Crippen molar-refractivity contribution in [2.45, 2.75) is 44.4 Å². The number of aromatic nitrogens is 1. The van der Waals surface area contributed by atoms with E-state index in [1.54, 1.807) is 12.1 Å². The fourth-order valence-electron chi connectivity index (χ4n) is 1.86. The van der Waals surface area contributed by atoms with Crippen LogP contribution in [0.15, 0.2) is 32.7 Å². The van der Waals surface area contributed by atoms with Crippen LogP contribution < -0.4 is 5.32 Å². The lowest BCUT2D eigenvalue weighted by Crippen LogP contribution is -2.19. The molecule has 0 aliphatic carbocycles. The zero-order valence-electron chi connectivity index (χ0n) is 12.9. The number of aryl methyl sites for hydroxylation is 2. The first kappa shape index (κ1) is 16.0. The second-order valence-electron chi connectivity index (χ2n) is 5.50. The summed E-state index contributed by atoms with van der Waals surface area (Å²) < 4.78 is 19.0. The van der Waals surface area contributed by atoms with Crippen LogP contribution in [0.3, 0.4) is 0 Å². The molecule has 0 amide bonds. The Balaban J connectivity index is 2.14. The van der Waals surface area contributed by atoms with Gasteiger partial charge in [-0.1, -0.05) is 13.8 Å². The van der Waals surface area contributed by atoms with Crippen molar-refractivity contribution in [2.75, 3.05) is 6.54 Å². The van der Waals surface area contributed by atoms with Crippen molar-refractivity contribution in [3.8, 4) is 0 Å². The van der Waals surface area contributed by atoms with Crippen LogP contribution in [-0.4, -0.2) is 11.5 Å². The summed E-state index contributed by atoms with van der Waals surface area (Å²) in [6.45, 7) is 9.63. The predicted molar refractivity (Wildman–Crippen MR) is 83.0 cm³/mol. The molecule has 0 radical (unpaired) electrons. The molecule has 0 bridgehead atoms. The molecular formula is C16H21FN2OS. The Morgan fingerprint density at radius 3 is 2.71 bits per heavy atom. The first-order valence-electron chi connectivity index (χ1n) is 7.06. The molecule has 0 aliphatic rings. The quantitative estimate of drug-likeness (QED) is 0.862. The van der Waals surface area contributed by atoms with Gasteiger partial charge in [0.05, 0.1) is 5.69 Å². The summed E-state index contributed by atoms with van der Waals surface area (Å²) in [6.07, 6.45) is 0. The first-order chi connectivity index (χ1) is 9.95. The summed E-state index contributed by atoms with van der Waals surface area (Å²) in [5.41, 5.74) is 1.81. The van der Waals surface area contributed by atoms with E-state index in [0.717, 1.165) is 28.5 Å². The molecule has 21 heavy (non-hydrogen) atoms. The van der Waals surface area contributed by atoms with Crippen LogP contribution in [0, 0.1) is 25.6 Å². The lowest BCUT2D eigenvalue weighted by Gasteiger charge is -2.10. The molecule has 2 rings (SSSR count). The van der Waals surface area contributed by atoms with Gasteiger partial charge in [0.1, 0.15) is 11.6 Å². The molecule has 0 fully saturated rings. The lowest BCUT2D eigenvalue weighted by atomic mass is 10.2. The normalized spacial score (nSPS) is 11.3. The molecule has 0 spiro atoms. The molecule has 1 heterocycles. The molecule has 1 aromatic heterocycles. The second kappa shape index (κ2) is 7.09. The van der Waals surface area contributed by atoms with Gasteiger partial charge in [0.2, 0.25) is 0 Å². The summed E-state index contributed by atoms with van der Waals surface area (Å²) in [5, 5.41) is 3.94. The smallest absolute Gasteiger partial charge is 0.261 e. The number of hydrogen-bond donors (Lipinski definition) is 1. The molecule has 1 aromatic carbocycles. The second-order valence-corrected chi connectivity index (χ2v) is 6.49. The van der Waals surface area contributed by atoms with E-state index in [2.05, 4.69) is 24.1 Å². The standard InChI is InChI=1S/C16H21FN2OS/c1-10(2)8-18-9-13-7-14(17)5-6-15(13)21-16-19-11(3)12(4)20-16/h5-7,10,18H,8-9H2,1-4H3. The largest absolute Gasteiger partial charge is 0.436 e. The zero-order chi connectivity index (χ0) is 15.4. The number of rotatable bonds is 6. The predicted octanol–water partition coefficient (Wildman–Crippen LogP) is 4.33. The molecule has 0 atom stereocenters. The van der Waals surface area contributed by atoms with E-state index in [0.29, 0.717) is 17.7 Å². The van der Waals surface area contributed by atoms with Gasteiger partial charge in [-0.05, 0) is 61.8 Å². The van der Waals surface area contributed by atoms with Gasteiger partial charge in [-0.25, -0.2) is 9.37 Å². The van der Waals surface area contributed by atoms with Gasteiger partial charge in [0.15, 0.2) is 0 Å². The van der Waals surface area contributed by atoms with Crippen molar-refractivity contribution in [2.24, 2.45) is 5.92 Å². The van der Waals surface area contributed by atoms with Crippen LogP contribution in [0.4, 0.5) is 4.39 Å². The lowest BCUT2D eigenvalue weighted by molar-refractivity contribution is 0.431. The molecular weight excluding hydrogens is 287 g/mol. The monoisotopic (exact) mass is 308 g/mol. The Morgan fingerprint density at radius 1 is 1.33 bits per heavy atom. The third-order valence-electron chi connectivity index (χ3n) is 3.10. The van der Waals surface area contributed by atoms with Crippen LogP contribution in [0.1, 0.15) is 30.9 Å². The van der Waals surface area contributed by atoms with Crippen molar-refractivity contribution in [3.05, 3.63) is 41.0 Å². The number of nitrogens with zero attached hydrogens (tertiary/aromatic N) is 1. The minimum absolute atomic E-state index is 0.222.